The summed E-state index contributed by atoms with van der Waals surface area (Å²) in [5.41, 5.74) is 5.24. The van der Waals surface area contributed by atoms with Crippen LogP contribution in [0.15, 0.2) is 48.7 Å². The summed E-state index contributed by atoms with van der Waals surface area (Å²) in [5.74, 6) is 0. The average Bonchev–Trinajstić information content (AvgIpc) is 2.81. The molecule has 18 heavy (non-hydrogen) atoms. The lowest BCUT2D eigenvalue weighted by molar-refractivity contribution is 0.112. The molecule has 3 rings (SSSR count). The topological polar surface area (TPSA) is 32.9 Å². The van der Waals surface area contributed by atoms with Crippen LogP contribution in [0.4, 0.5) is 0 Å². The van der Waals surface area contributed by atoms with Gasteiger partial charge in [-0.2, -0.15) is 0 Å². The lowest BCUT2D eigenvalue weighted by atomic mass is 10.0. The zero-order chi connectivity index (χ0) is 12.5. The number of carbonyl (C=O) groups excluding carboxylic acids is 1. The number of rotatable bonds is 2. The predicted molar refractivity (Wildman–Crippen MR) is 73.9 cm³/mol. The molecule has 1 heterocycles. The Morgan fingerprint density at radius 1 is 1.00 bits per heavy atom. The molecule has 1 N–H and O–H groups in total. The first-order valence-corrected chi connectivity index (χ1v) is 5.91. The van der Waals surface area contributed by atoms with E-state index in [2.05, 4.69) is 48.3 Å². The van der Waals surface area contributed by atoms with Crippen molar-refractivity contribution in [2.75, 3.05) is 0 Å². The van der Waals surface area contributed by atoms with Crippen molar-refractivity contribution in [3.8, 4) is 11.1 Å². The SMILES string of the molecule is Cc1ccc(-c2ccc3[nH]cc(C=O)c3c2)cc1. The molecule has 0 aliphatic heterocycles. The van der Waals surface area contributed by atoms with Crippen LogP contribution in [0, 0.1) is 6.92 Å². The summed E-state index contributed by atoms with van der Waals surface area (Å²) < 4.78 is 0. The second-order valence-electron chi connectivity index (χ2n) is 4.49. The number of aryl methyl sites for hydroxylation is 1. The van der Waals surface area contributed by atoms with Crippen LogP contribution in [0.25, 0.3) is 22.0 Å². The zero-order valence-corrected chi connectivity index (χ0v) is 10.1. The number of aromatic nitrogens is 1. The summed E-state index contributed by atoms with van der Waals surface area (Å²) in [4.78, 5) is 14.0. The zero-order valence-electron chi connectivity index (χ0n) is 10.1. The third-order valence-corrected chi connectivity index (χ3v) is 3.23. The molecule has 2 nitrogen and oxygen atoms in total. The molecular weight excluding hydrogens is 222 g/mol. The number of carbonyl (C=O) groups is 1. The fraction of sp³-hybridized carbons (Fsp3) is 0.0625. The van der Waals surface area contributed by atoms with E-state index in [0.717, 1.165) is 22.8 Å². The van der Waals surface area contributed by atoms with Gasteiger partial charge in [0, 0.05) is 22.7 Å². The lowest BCUT2D eigenvalue weighted by Crippen LogP contribution is -1.80. The smallest absolute Gasteiger partial charge is 0.152 e. The molecule has 88 valence electrons. The van der Waals surface area contributed by atoms with Gasteiger partial charge in [-0.1, -0.05) is 35.9 Å². The van der Waals surface area contributed by atoms with E-state index in [1.165, 1.54) is 11.1 Å². The summed E-state index contributed by atoms with van der Waals surface area (Å²) in [7, 11) is 0. The van der Waals surface area contributed by atoms with E-state index in [1.807, 2.05) is 6.07 Å². The van der Waals surface area contributed by atoms with Crippen molar-refractivity contribution in [2.45, 2.75) is 6.92 Å². The van der Waals surface area contributed by atoms with Gasteiger partial charge in [-0.25, -0.2) is 0 Å². The van der Waals surface area contributed by atoms with Crippen molar-refractivity contribution >= 4 is 17.2 Å². The van der Waals surface area contributed by atoms with Crippen molar-refractivity contribution in [3.63, 3.8) is 0 Å². The van der Waals surface area contributed by atoms with Crippen LogP contribution in [0.5, 0.6) is 0 Å². The predicted octanol–water partition coefficient (Wildman–Crippen LogP) is 3.96. The van der Waals surface area contributed by atoms with E-state index < -0.39 is 0 Å². The molecule has 0 fully saturated rings. The van der Waals surface area contributed by atoms with Crippen LogP contribution < -0.4 is 0 Å². The van der Waals surface area contributed by atoms with Crippen molar-refractivity contribution in [3.05, 3.63) is 59.8 Å². The van der Waals surface area contributed by atoms with E-state index >= 15 is 0 Å². The second kappa shape index (κ2) is 4.15. The highest BCUT2D eigenvalue weighted by atomic mass is 16.1. The molecule has 0 amide bonds. The van der Waals surface area contributed by atoms with Crippen LogP contribution in [-0.4, -0.2) is 11.3 Å². The van der Waals surface area contributed by atoms with Gasteiger partial charge in [-0.3, -0.25) is 4.79 Å². The quantitative estimate of drug-likeness (QED) is 0.670. The Morgan fingerprint density at radius 3 is 2.44 bits per heavy atom. The molecule has 0 saturated heterocycles. The van der Waals surface area contributed by atoms with Crippen LogP contribution >= 0.6 is 0 Å². The van der Waals surface area contributed by atoms with Gasteiger partial charge in [0.05, 0.1) is 0 Å². The van der Waals surface area contributed by atoms with Gasteiger partial charge in [-0.05, 0) is 30.2 Å². The number of fused-ring (bicyclic) bond motifs is 1. The normalized spacial score (nSPS) is 10.7. The third kappa shape index (κ3) is 1.72. The Bertz CT molecular complexity index is 708. The molecule has 0 radical (unpaired) electrons. The van der Waals surface area contributed by atoms with Gasteiger partial charge >= 0.3 is 0 Å². The second-order valence-corrected chi connectivity index (χ2v) is 4.49. The van der Waals surface area contributed by atoms with Gasteiger partial charge in [0.1, 0.15) is 0 Å². The van der Waals surface area contributed by atoms with Crippen LogP contribution in [0.3, 0.4) is 0 Å². The van der Waals surface area contributed by atoms with Crippen LogP contribution in [0.1, 0.15) is 15.9 Å². The van der Waals surface area contributed by atoms with Gasteiger partial charge in [-0.15, -0.1) is 0 Å². The highest BCUT2D eigenvalue weighted by Crippen LogP contribution is 2.25. The number of nitrogens with one attached hydrogen (secondary N) is 1. The summed E-state index contributed by atoms with van der Waals surface area (Å²) in [6.07, 6.45) is 2.63. The monoisotopic (exact) mass is 235 g/mol. The van der Waals surface area contributed by atoms with Gasteiger partial charge in [0.2, 0.25) is 0 Å². The van der Waals surface area contributed by atoms with Crippen LogP contribution in [-0.2, 0) is 0 Å². The number of aldehydes is 1. The molecule has 2 aromatic carbocycles. The van der Waals surface area contributed by atoms with E-state index in [-0.39, 0.29) is 0 Å². The highest BCUT2D eigenvalue weighted by molar-refractivity contribution is 5.99. The number of aromatic amines is 1. The Balaban J connectivity index is 2.17. The fourth-order valence-corrected chi connectivity index (χ4v) is 2.17. The lowest BCUT2D eigenvalue weighted by Gasteiger charge is -2.03. The molecule has 0 bridgehead atoms. The van der Waals surface area contributed by atoms with Gasteiger partial charge in [0.15, 0.2) is 6.29 Å². The van der Waals surface area contributed by atoms with Gasteiger partial charge in [0.25, 0.3) is 0 Å². The maximum Gasteiger partial charge on any atom is 0.152 e. The highest BCUT2D eigenvalue weighted by Gasteiger charge is 2.04. The van der Waals surface area contributed by atoms with Crippen LogP contribution in [0.2, 0.25) is 0 Å². The molecule has 0 saturated carbocycles. The first kappa shape index (κ1) is 10.8. The maximum absolute atomic E-state index is 11.0. The molecular formula is C16H13NO. The standard InChI is InChI=1S/C16H13NO/c1-11-2-4-12(5-3-11)13-6-7-16-15(8-13)14(10-18)9-17-16/h2-10,17H,1H3. The van der Waals surface area contributed by atoms with E-state index in [1.54, 1.807) is 6.20 Å². The number of hydrogen-bond donors (Lipinski definition) is 1. The first-order valence-electron chi connectivity index (χ1n) is 5.91. The molecule has 0 aliphatic carbocycles. The fourth-order valence-electron chi connectivity index (χ4n) is 2.17. The number of benzene rings is 2. The maximum atomic E-state index is 11.0. The Morgan fingerprint density at radius 2 is 1.72 bits per heavy atom. The Labute approximate surface area is 105 Å². The molecule has 0 unspecified atom stereocenters. The van der Waals surface area contributed by atoms with E-state index in [0.29, 0.717) is 5.56 Å². The minimum absolute atomic E-state index is 0.707. The molecule has 0 spiro atoms. The summed E-state index contributed by atoms with van der Waals surface area (Å²) in [5, 5.41) is 0.975. The summed E-state index contributed by atoms with van der Waals surface area (Å²) >= 11 is 0. The Hall–Kier alpha value is -2.35. The minimum Gasteiger partial charge on any atom is -0.360 e. The van der Waals surface area contributed by atoms with E-state index in [9.17, 15) is 4.79 Å². The average molecular weight is 235 g/mol. The first-order chi connectivity index (χ1) is 8.78. The molecule has 0 atom stereocenters. The molecule has 1 aromatic heterocycles. The summed E-state index contributed by atoms with van der Waals surface area (Å²) in [6.45, 7) is 2.07. The van der Waals surface area contributed by atoms with E-state index in [4.69, 9.17) is 0 Å². The van der Waals surface area contributed by atoms with Gasteiger partial charge < -0.3 is 4.98 Å². The van der Waals surface area contributed by atoms with Crippen molar-refractivity contribution < 1.29 is 4.79 Å². The van der Waals surface area contributed by atoms with Crippen molar-refractivity contribution in [2.24, 2.45) is 0 Å². The largest absolute Gasteiger partial charge is 0.360 e. The third-order valence-electron chi connectivity index (χ3n) is 3.23. The van der Waals surface area contributed by atoms with Crippen molar-refractivity contribution in [1.29, 1.82) is 0 Å². The molecule has 2 heteroatoms. The number of hydrogen-bond acceptors (Lipinski definition) is 1. The van der Waals surface area contributed by atoms with Crippen molar-refractivity contribution in [1.82, 2.24) is 4.98 Å². The number of H-pyrrole nitrogens is 1. The molecule has 0 aliphatic rings. The minimum atomic E-state index is 0.707. The molecule has 3 aromatic rings. The Kier molecular flexibility index (Phi) is 2.49. The summed E-state index contributed by atoms with van der Waals surface area (Å²) in [6, 6.07) is 14.5.